The number of carbonyl (C=O) groups is 3. The fraction of sp³-hybridized carbons (Fsp3) is 0.750. The lowest BCUT2D eigenvalue weighted by atomic mass is 9.72. The number of likely N-dealkylation sites (tertiary alicyclic amines) is 1. The van der Waals surface area contributed by atoms with Crippen LogP contribution in [0.2, 0.25) is 0 Å². The first kappa shape index (κ1) is 12.1. The largest absolute Gasteiger partial charge is 0.481 e. The molecule has 0 spiro atoms. The molecule has 1 aliphatic heterocycles. The van der Waals surface area contributed by atoms with E-state index in [2.05, 4.69) is 0 Å². The van der Waals surface area contributed by atoms with E-state index in [9.17, 15) is 14.4 Å². The van der Waals surface area contributed by atoms with Crippen molar-refractivity contribution in [2.24, 2.45) is 0 Å². The Kier molecular flexibility index (Phi) is 3.17. The SMILES string of the molecule is O=C(O)CC1(N2C(=O)CCCCC2=O)CCC1. The van der Waals surface area contributed by atoms with Crippen molar-refractivity contribution >= 4 is 17.8 Å². The summed E-state index contributed by atoms with van der Waals surface area (Å²) in [5, 5.41) is 8.94. The monoisotopic (exact) mass is 239 g/mol. The molecule has 2 aliphatic rings. The summed E-state index contributed by atoms with van der Waals surface area (Å²) >= 11 is 0. The molecular weight excluding hydrogens is 222 g/mol. The van der Waals surface area contributed by atoms with E-state index in [1.54, 1.807) is 0 Å². The van der Waals surface area contributed by atoms with Gasteiger partial charge in [0.05, 0.1) is 12.0 Å². The minimum Gasteiger partial charge on any atom is -0.481 e. The maximum atomic E-state index is 12.0. The normalized spacial score (nSPS) is 24.1. The van der Waals surface area contributed by atoms with Gasteiger partial charge in [-0.3, -0.25) is 19.3 Å². The van der Waals surface area contributed by atoms with Crippen LogP contribution in [-0.2, 0) is 14.4 Å². The lowest BCUT2D eigenvalue weighted by Crippen LogP contribution is -2.59. The maximum Gasteiger partial charge on any atom is 0.305 e. The van der Waals surface area contributed by atoms with Crippen molar-refractivity contribution in [3.63, 3.8) is 0 Å². The first-order valence-electron chi connectivity index (χ1n) is 6.13. The number of carboxylic acid groups (broad SMARTS) is 1. The maximum absolute atomic E-state index is 12.0. The van der Waals surface area contributed by atoms with Gasteiger partial charge in [-0.1, -0.05) is 0 Å². The highest BCUT2D eigenvalue weighted by Crippen LogP contribution is 2.42. The molecule has 5 nitrogen and oxygen atoms in total. The second kappa shape index (κ2) is 4.47. The highest BCUT2D eigenvalue weighted by Gasteiger charge is 2.49. The van der Waals surface area contributed by atoms with Crippen LogP contribution in [0.5, 0.6) is 0 Å². The van der Waals surface area contributed by atoms with Crippen molar-refractivity contribution in [2.45, 2.75) is 56.9 Å². The van der Waals surface area contributed by atoms with Gasteiger partial charge in [0.25, 0.3) is 0 Å². The van der Waals surface area contributed by atoms with E-state index in [0.29, 0.717) is 25.7 Å². The molecule has 1 N–H and O–H groups in total. The number of imide groups is 1. The third-order valence-electron chi connectivity index (χ3n) is 3.77. The Morgan fingerprint density at radius 3 is 2.00 bits per heavy atom. The van der Waals surface area contributed by atoms with Crippen LogP contribution in [0.3, 0.4) is 0 Å². The molecule has 1 saturated carbocycles. The fourth-order valence-electron chi connectivity index (χ4n) is 2.79. The van der Waals surface area contributed by atoms with Gasteiger partial charge in [-0.25, -0.2) is 0 Å². The van der Waals surface area contributed by atoms with Crippen LogP contribution in [0.4, 0.5) is 0 Å². The van der Waals surface area contributed by atoms with Crippen molar-refractivity contribution in [1.82, 2.24) is 4.90 Å². The summed E-state index contributed by atoms with van der Waals surface area (Å²) in [4.78, 5) is 36.1. The second-order valence-electron chi connectivity index (χ2n) is 4.98. The molecule has 2 rings (SSSR count). The second-order valence-corrected chi connectivity index (χ2v) is 4.98. The summed E-state index contributed by atoms with van der Waals surface area (Å²) in [6, 6.07) is 0. The van der Waals surface area contributed by atoms with E-state index in [-0.39, 0.29) is 18.2 Å². The van der Waals surface area contributed by atoms with Gasteiger partial charge in [0, 0.05) is 12.8 Å². The molecule has 0 aromatic rings. The summed E-state index contributed by atoms with van der Waals surface area (Å²) in [6.45, 7) is 0. The third-order valence-corrected chi connectivity index (χ3v) is 3.77. The molecule has 5 heteroatoms. The van der Waals surface area contributed by atoms with Gasteiger partial charge in [0.2, 0.25) is 11.8 Å². The number of rotatable bonds is 3. The predicted octanol–water partition coefficient (Wildman–Crippen LogP) is 1.31. The molecule has 2 fully saturated rings. The lowest BCUT2D eigenvalue weighted by molar-refractivity contribution is -0.159. The topological polar surface area (TPSA) is 74.7 Å². The number of hydrogen-bond donors (Lipinski definition) is 1. The van der Waals surface area contributed by atoms with Crippen molar-refractivity contribution in [1.29, 1.82) is 0 Å². The highest BCUT2D eigenvalue weighted by atomic mass is 16.4. The number of aliphatic carboxylic acids is 1. The lowest BCUT2D eigenvalue weighted by Gasteiger charge is -2.48. The Balaban J connectivity index is 2.24. The van der Waals surface area contributed by atoms with Gasteiger partial charge in [0.1, 0.15) is 0 Å². The number of amides is 2. The van der Waals surface area contributed by atoms with E-state index in [1.807, 2.05) is 0 Å². The average molecular weight is 239 g/mol. The van der Waals surface area contributed by atoms with Crippen LogP contribution in [0.25, 0.3) is 0 Å². The molecule has 0 bridgehead atoms. The van der Waals surface area contributed by atoms with Crippen LogP contribution < -0.4 is 0 Å². The van der Waals surface area contributed by atoms with Gasteiger partial charge in [0.15, 0.2) is 0 Å². The van der Waals surface area contributed by atoms with Crippen molar-refractivity contribution in [3.8, 4) is 0 Å². The van der Waals surface area contributed by atoms with Gasteiger partial charge < -0.3 is 5.11 Å². The summed E-state index contributed by atoms with van der Waals surface area (Å²) in [7, 11) is 0. The highest BCUT2D eigenvalue weighted by molar-refractivity contribution is 5.97. The van der Waals surface area contributed by atoms with Crippen LogP contribution in [0, 0.1) is 0 Å². The van der Waals surface area contributed by atoms with Crippen molar-refractivity contribution in [2.75, 3.05) is 0 Å². The predicted molar refractivity (Wildman–Crippen MR) is 59.2 cm³/mol. The van der Waals surface area contributed by atoms with Crippen molar-refractivity contribution in [3.05, 3.63) is 0 Å². The Bertz CT molecular complexity index is 342. The number of hydrogen-bond acceptors (Lipinski definition) is 3. The summed E-state index contributed by atoms with van der Waals surface area (Å²) in [6.07, 6.45) is 4.25. The summed E-state index contributed by atoms with van der Waals surface area (Å²) < 4.78 is 0. The van der Waals surface area contributed by atoms with Gasteiger partial charge >= 0.3 is 5.97 Å². The number of carboxylic acids is 1. The molecule has 94 valence electrons. The molecule has 0 aromatic carbocycles. The van der Waals surface area contributed by atoms with E-state index in [1.165, 1.54) is 4.90 Å². The smallest absolute Gasteiger partial charge is 0.305 e. The van der Waals surface area contributed by atoms with Gasteiger partial charge in [-0.15, -0.1) is 0 Å². The molecule has 0 aromatic heterocycles. The number of nitrogens with zero attached hydrogens (tertiary/aromatic N) is 1. The summed E-state index contributed by atoms with van der Waals surface area (Å²) in [5.41, 5.74) is -0.718. The molecular formula is C12H17NO4. The van der Waals surface area contributed by atoms with E-state index >= 15 is 0 Å². The molecule has 2 amide bonds. The molecule has 0 radical (unpaired) electrons. The minimum atomic E-state index is -0.936. The molecule has 17 heavy (non-hydrogen) atoms. The van der Waals surface area contributed by atoms with Crippen LogP contribution >= 0.6 is 0 Å². The quantitative estimate of drug-likeness (QED) is 0.753. The van der Waals surface area contributed by atoms with Gasteiger partial charge in [-0.2, -0.15) is 0 Å². The van der Waals surface area contributed by atoms with E-state index in [4.69, 9.17) is 5.11 Å². The van der Waals surface area contributed by atoms with Gasteiger partial charge in [-0.05, 0) is 32.1 Å². The Labute approximate surface area is 99.8 Å². The minimum absolute atomic E-state index is 0.107. The molecule has 1 heterocycles. The molecule has 0 unspecified atom stereocenters. The first-order chi connectivity index (χ1) is 8.05. The molecule has 0 atom stereocenters. The zero-order chi connectivity index (χ0) is 12.5. The molecule has 1 saturated heterocycles. The fourth-order valence-corrected chi connectivity index (χ4v) is 2.79. The van der Waals surface area contributed by atoms with Crippen molar-refractivity contribution < 1.29 is 19.5 Å². The standard InChI is InChI=1S/C12H17NO4/c14-9-4-1-2-5-10(15)13(9)12(6-3-7-12)8-11(16)17/h1-8H2,(H,16,17). The van der Waals surface area contributed by atoms with E-state index in [0.717, 1.165) is 19.3 Å². The zero-order valence-corrected chi connectivity index (χ0v) is 9.78. The Morgan fingerprint density at radius 1 is 1.12 bits per heavy atom. The summed E-state index contributed by atoms with van der Waals surface area (Å²) in [5.74, 6) is -1.31. The Morgan fingerprint density at radius 2 is 1.65 bits per heavy atom. The zero-order valence-electron chi connectivity index (χ0n) is 9.78. The van der Waals surface area contributed by atoms with E-state index < -0.39 is 11.5 Å². The average Bonchev–Trinajstić information content (AvgIpc) is 2.35. The molecule has 1 aliphatic carbocycles. The number of carbonyl (C=O) groups excluding carboxylic acids is 2. The third kappa shape index (κ3) is 2.18. The van der Waals surface area contributed by atoms with Crippen LogP contribution in [0.15, 0.2) is 0 Å². The first-order valence-corrected chi connectivity index (χ1v) is 6.13. The van der Waals surface area contributed by atoms with Crippen LogP contribution in [-0.4, -0.2) is 33.3 Å². The Hall–Kier alpha value is -1.39. The van der Waals surface area contributed by atoms with Crippen LogP contribution in [0.1, 0.15) is 51.4 Å².